The Bertz CT molecular complexity index is 829. The molecule has 5 nitrogen and oxygen atoms in total. The number of ether oxygens (including phenoxy) is 1. The van der Waals surface area contributed by atoms with Crippen LogP contribution in [0.1, 0.15) is 45.9 Å². The van der Waals surface area contributed by atoms with Crippen LogP contribution >= 0.6 is 0 Å². The summed E-state index contributed by atoms with van der Waals surface area (Å²) in [4.78, 5) is 27.6. The van der Waals surface area contributed by atoms with Gasteiger partial charge >= 0.3 is 0 Å². The number of amides is 1. The Hall–Kier alpha value is -2.50. The zero-order valence-electron chi connectivity index (χ0n) is 17.3. The Morgan fingerprint density at radius 1 is 1.03 bits per heavy atom. The van der Waals surface area contributed by atoms with Gasteiger partial charge in [-0.3, -0.25) is 14.5 Å². The predicted octanol–water partition coefficient (Wildman–Crippen LogP) is 3.46. The van der Waals surface area contributed by atoms with Crippen molar-refractivity contribution in [2.75, 3.05) is 32.8 Å². The van der Waals surface area contributed by atoms with Crippen LogP contribution in [0.25, 0.3) is 0 Å². The number of rotatable bonds is 8. The third-order valence-corrected chi connectivity index (χ3v) is 5.35. The van der Waals surface area contributed by atoms with Gasteiger partial charge in [0, 0.05) is 38.0 Å². The Balaban J connectivity index is 1.60. The summed E-state index contributed by atoms with van der Waals surface area (Å²) in [5.41, 5.74) is 3.80. The van der Waals surface area contributed by atoms with Gasteiger partial charge < -0.3 is 10.1 Å². The molecule has 0 bridgehead atoms. The summed E-state index contributed by atoms with van der Waals surface area (Å²) in [5, 5.41) is 3.14. The molecule has 1 N–H and O–H groups in total. The summed E-state index contributed by atoms with van der Waals surface area (Å²) in [7, 11) is 0. The molecule has 2 aromatic carbocycles. The second kappa shape index (κ2) is 10.3. The van der Waals surface area contributed by atoms with Crippen molar-refractivity contribution in [2.45, 2.75) is 32.7 Å². The Labute approximate surface area is 173 Å². The summed E-state index contributed by atoms with van der Waals surface area (Å²) in [6, 6.07) is 15.8. The van der Waals surface area contributed by atoms with Crippen molar-refractivity contribution in [1.82, 2.24) is 10.2 Å². The molecule has 1 atom stereocenters. The van der Waals surface area contributed by atoms with E-state index in [4.69, 9.17) is 4.74 Å². The van der Waals surface area contributed by atoms with Crippen LogP contribution in [0.5, 0.6) is 0 Å². The molecule has 1 fully saturated rings. The second-order valence-corrected chi connectivity index (χ2v) is 7.69. The Kier molecular flexibility index (Phi) is 7.55. The molecule has 3 rings (SSSR count). The number of hydrogen-bond acceptors (Lipinski definition) is 4. The number of Topliss-reactive ketones (excluding diaryl/α,β-unsaturated/α-hetero) is 1. The van der Waals surface area contributed by atoms with Gasteiger partial charge in [-0.2, -0.15) is 0 Å². The minimum absolute atomic E-state index is 0.0193. The number of morpholine rings is 1. The quantitative estimate of drug-likeness (QED) is 0.697. The van der Waals surface area contributed by atoms with Crippen LogP contribution in [0.2, 0.25) is 0 Å². The fourth-order valence-corrected chi connectivity index (χ4v) is 3.63. The maximum absolute atomic E-state index is 12.6. The van der Waals surface area contributed by atoms with Gasteiger partial charge in [0.05, 0.1) is 19.3 Å². The minimum Gasteiger partial charge on any atom is -0.379 e. The highest BCUT2D eigenvalue weighted by Crippen LogP contribution is 2.17. The summed E-state index contributed by atoms with van der Waals surface area (Å²) < 4.78 is 5.43. The first-order valence-electron chi connectivity index (χ1n) is 10.3. The monoisotopic (exact) mass is 394 g/mol. The summed E-state index contributed by atoms with van der Waals surface area (Å²) in [6.45, 7) is 7.82. The molecule has 0 radical (unpaired) electrons. The molecule has 0 aliphatic carbocycles. The Morgan fingerprint density at radius 3 is 2.48 bits per heavy atom. The number of hydrogen-bond donors (Lipinski definition) is 1. The zero-order chi connectivity index (χ0) is 20.6. The van der Waals surface area contributed by atoms with Crippen molar-refractivity contribution >= 4 is 11.7 Å². The van der Waals surface area contributed by atoms with Gasteiger partial charge in [0.2, 0.25) is 5.91 Å². The van der Waals surface area contributed by atoms with Crippen LogP contribution in [0.3, 0.4) is 0 Å². The largest absolute Gasteiger partial charge is 0.379 e. The molecule has 154 valence electrons. The fraction of sp³-hybridized carbons (Fsp3) is 0.417. The standard InChI is InChI=1S/C24H30N2O3/c1-18-8-9-19(2)21(16-18)23(27)10-11-24(28)25-22(20-6-4-3-5-7-20)17-26-12-14-29-15-13-26/h3-9,16,22H,10-15,17H2,1-2H3,(H,25,28). The van der Waals surface area contributed by atoms with Crippen LogP contribution in [0.15, 0.2) is 48.5 Å². The van der Waals surface area contributed by atoms with Crippen LogP contribution < -0.4 is 5.32 Å². The summed E-state index contributed by atoms with van der Waals surface area (Å²) in [6.07, 6.45) is 0.411. The van der Waals surface area contributed by atoms with Crippen LogP contribution in [0.4, 0.5) is 0 Å². The van der Waals surface area contributed by atoms with Crippen molar-refractivity contribution in [1.29, 1.82) is 0 Å². The molecule has 1 heterocycles. The zero-order valence-corrected chi connectivity index (χ0v) is 17.3. The van der Waals surface area contributed by atoms with Gasteiger partial charge in [0.1, 0.15) is 0 Å². The van der Waals surface area contributed by atoms with Crippen molar-refractivity contribution < 1.29 is 14.3 Å². The fourth-order valence-electron chi connectivity index (χ4n) is 3.63. The highest BCUT2D eigenvalue weighted by Gasteiger charge is 2.20. The number of aryl methyl sites for hydroxylation is 2. The van der Waals surface area contributed by atoms with Crippen LogP contribution in [0, 0.1) is 13.8 Å². The van der Waals surface area contributed by atoms with Gasteiger partial charge in [-0.25, -0.2) is 0 Å². The molecule has 1 saturated heterocycles. The SMILES string of the molecule is Cc1ccc(C)c(C(=O)CCC(=O)NC(CN2CCOCC2)c2ccccc2)c1. The van der Waals surface area contributed by atoms with E-state index in [-0.39, 0.29) is 30.6 Å². The van der Waals surface area contributed by atoms with Gasteiger partial charge in [0.25, 0.3) is 0 Å². The van der Waals surface area contributed by atoms with E-state index in [2.05, 4.69) is 10.2 Å². The number of ketones is 1. The minimum atomic E-state index is -0.0994. The maximum atomic E-state index is 12.6. The Morgan fingerprint density at radius 2 is 1.76 bits per heavy atom. The van der Waals surface area contributed by atoms with Crippen molar-refractivity contribution in [3.63, 3.8) is 0 Å². The average Bonchev–Trinajstić information content (AvgIpc) is 2.74. The van der Waals surface area contributed by atoms with Crippen LogP contribution in [-0.4, -0.2) is 49.4 Å². The average molecular weight is 395 g/mol. The van der Waals surface area contributed by atoms with E-state index in [1.54, 1.807) is 0 Å². The lowest BCUT2D eigenvalue weighted by molar-refractivity contribution is -0.122. The topological polar surface area (TPSA) is 58.6 Å². The number of carbonyl (C=O) groups is 2. The highest BCUT2D eigenvalue weighted by atomic mass is 16.5. The molecule has 2 aromatic rings. The molecule has 5 heteroatoms. The number of nitrogens with one attached hydrogen (secondary N) is 1. The van der Waals surface area contributed by atoms with E-state index >= 15 is 0 Å². The second-order valence-electron chi connectivity index (χ2n) is 7.69. The molecule has 0 spiro atoms. The maximum Gasteiger partial charge on any atom is 0.220 e. The van der Waals surface area contributed by atoms with E-state index in [9.17, 15) is 9.59 Å². The normalized spacial score (nSPS) is 15.7. The lowest BCUT2D eigenvalue weighted by Crippen LogP contribution is -2.43. The molecule has 1 aliphatic heterocycles. The van der Waals surface area contributed by atoms with Crippen molar-refractivity contribution in [2.24, 2.45) is 0 Å². The summed E-state index contributed by atoms with van der Waals surface area (Å²) in [5.74, 6) is -0.0726. The smallest absolute Gasteiger partial charge is 0.220 e. The third kappa shape index (κ3) is 6.24. The number of carbonyl (C=O) groups excluding carboxylic acids is 2. The molecular formula is C24H30N2O3. The lowest BCUT2D eigenvalue weighted by Gasteiger charge is -2.31. The van der Waals surface area contributed by atoms with E-state index in [1.807, 2.05) is 62.4 Å². The number of benzene rings is 2. The van der Waals surface area contributed by atoms with Crippen molar-refractivity contribution in [3.8, 4) is 0 Å². The first-order valence-corrected chi connectivity index (χ1v) is 10.3. The van der Waals surface area contributed by atoms with E-state index in [1.165, 1.54) is 0 Å². The molecule has 0 saturated carbocycles. The first-order chi connectivity index (χ1) is 14.0. The molecular weight excluding hydrogens is 364 g/mol. The van der Waals surface area contributed by atoms with E-state index < -0.39 is 0 Å². The number of nitrogens with zero attached hydrogens (tertiary/aromatic N) is 1. The predicted molar refractivity (Wildman–Crippen MR) is 114 cm³/mol. The van der Waals surface area contributed by atoms with Crippen LogP contribution in [-0.2, 0) is 9.53 Å². The van der Waals surface area contributed by atoms with Gasteiger partial charge in [-0.1, -0.05) is 48.0 Å². The molecule has 1 amide bonds. The third-order valence-electron chi connectivity index (χ3n) is 5.35. The van der Waals surface area contributed by atoms with Gasteiger partial charge in [-0.05, 0) is 31.0 Å². The molecule has 0 aromatic heterocycles. The van der Waals surface area contributed by atoms with Gasteiger partial charge in [0.15, 0.2) is 5.78 Å². The highest BCUT2D eigenvalue weighted by molar-refractivity contribution is 5.99. The van der Waals surface area contributed by atoms with E-state index in [0.29, 0.717) is 5.56 Å². The first kappa shape index (κ1) is 21.2. The molecule has 1 unspecified atom stereocenters. The van der Waals surface area contributed by atoms with Crippen molar-refractivity contribution in [3.05, 3.63) is 70.8 Å². The van der Waals surface area contributed by atoms with E-state index in [0.717, 1.165) is 49.5 Å². The molecule has 29 heavy (non-hydrogen) atoms. The molecule has 1 aliphatic rings. The lowest BCUT2D eigenvalue weighted by atomic mass is 9.99. The van der Waals surface area contributed by atoms with Gasteiger partial charge in [-0.15, -0.1) is 0 Å². The summed E-state index contributed by atoms with van der Waals surface area (Å²) >= 11 is 0.